The number of carbonyl (C=O) groups is 1. The summed E-state index contributed by atoms with van der Waals surface area (Å²) in [5.74, 6) is -0.0811. The average Bonchev–Trinajstić information content (AvgIpc) is 2.78. The molecule has 32 heavy (non-hydrogen) atoms. The topological polar surface area (TPSA) is 102 Å². The number of amidine groups is 1. The molecule has 0 fully saturated rings. The minimum absolute atomic E-state index is 0.135. The molecule has 0 aliphatic rings. The number of pyridine rings is 1. The van der Waals surface area contributed by atoms with Gasteiger partial charge in [-0.2, -0.15) is 4.99 Å². The van der Waals surface area contributed by atoms with Crippen molar-refractivity contribution in [2.75, 3.05) is 5.32 Å². The number of nitrogens with one attached hydrogen (secondary N) is 1. The quantitative estimate of drug-likeness (QED) is 0.340. The van der Waals surface area contributed by atoms with Crippen LogP contribution in [-0.2, 0) is 6.54 Å². The van der Waals surface area contributed by atoms with Crippen molar-refractivity contribution in [3.63, 3.8) is 0 Å². The van der Waals surface area contributed by atoms with Crippen molar-refractivity contribution in [1.82, 2.24) is 4.98 Å². The molecule has 2 aromatic carbocycles. The van der Waals surface area contributed by atoms with E-state index in [9.17, 15) is 18.0 Å². The Morgan fingerprint density at radius 3 is 2.41 bits per heavy atom. The van der Waals surface area contributed by atoms with Gasteiger partial charge in [-0.1, -0.05) is 30.3 Å². The molecule has 0 saturated carbocycles. The maximum Gasteiger partial charge on any atom is 0.573 e. The summed E-state index contributed by atoms with van der Waals surface area (Å²) in [5.41, 5.74) is 8.40. The molecule has 164 valence electrons. The molecule has 3 aromatic rings. The number of hydrogen-bond acceptors (Lipinski definition) is 4. The lowest BCUT2D eigenvalue weighted by Gasteiger charge is -2.11. The van der Waals surface area contributed by atoms with Gasteiger partial charge in [-0.15, -0.1) is 13.2 Å². The van der Waals surface area contributed by atoms with E-state index in [2.05, 4.69) is 25.0 Å². The number of hydrogen-bond donors (Lipinski definition) is 2. The predicted octanol–water partition coefficient (Wildman–Crippen LogP) is 4.17. The predicted molar refractivity (Wildman–Crippen MR) is 115 cm³/mol. The van der Waals surface area contributed by atoms with E-state index >= 15 is 0 Å². The van der Waals surface area contributed by atoms with Crippen LogP contribution < -0.4 is 15.8 Å². The number of benzene rings is 2. The molecular formula is C22H18F3N5O2. The Bertz CT molecular complexity index is 1100. The summed E-state index contributed by atoms with van der Waals surface area (Å²) in [6.07, 6.45) is -0.777. The number of aliphatic imine (C=N–C) groups is 2. The second-order valence-electron chi connectivity index (χ2n) is 6.44. The van der Waals surface area contributed by atoms with Gasteiger partial charge in [0, 0.05) is 29.2 Å². The number of rotatable bonds is 6. The van der Waals surface area contributed by atoms with E-state index in [4.69, 9.17) is 5.73 Å². The van der Waals surface area contributed by atoms with Crippen LogP contribution in [0.4, 0.5) is 18.9 Å². The fourth-order valence-electron chi connectivity index (χ4n) is 2.54. The number of guanidine groups is 1. The van der Waals surface area contributed by atoms with Crippen LogP contribution in [-0.4, -0.2) is 29.4 Å². The Morgan fingerprint density at radius 1 is 1.09 bits per heavy atom. The number of halogens is 3. The second-order valence-corrected chi connectivity index (χ2v) is 6.44. The number of carbonyl (C=O) groups excluding carboxylic acids is 1. The van der Waals surface area contributed by atoms with Gasteiger partial charge in [0.2, 0.25) is 5.96 Å². The molecule has 0 spiro atoms. The highest BCUT2D eigenvalue weighted by atomic mass is 19.4. The third kappa shape index (κ3) is 6.94. The first-order valence-electron chi connectivity index (χ1n) is 9.28. The Kier molecular flexibility index (Phi) is 7.17. The highest BCUT2D eigenvalue weighted by Gasteiger charge is 2.30. The average molecular weight is 441 g/mol. The largest absolute Gasteiger partial charge is 0.573 e. The van der Waals surface area contributed by atoms with E-state index in [1.807, 2.05) is 6.07 Å². The number of anilines is 1. The summed E-state index contributed by atoms with van der Waals surface area (Å²) >= 11 is 0. The van der Waals surface area contributed by atoms with Crippen LogP contribution in [0.1, 0.15) is 21.5 Å². The normalized spacial score (nSPS) is 12.3. The highest BCUT2D eigenvalue weighted by Crippen LogP contribution is 2.24. The van der Waals surface area contributed by atoms with Crippen LogP contribution in [0.15, 0.2) is 83.0 Å². The van der Waals surface area contributed by atoms with Gasteiger partial charge in [0.1, 0.15) is 17.9 Å². The molecular weight excluding hydrogens is 423 g/mol. The molecule has 0 aliphatic heterocycles. The van der Waals surface area contributed by atoms with Crippen LogP contribution in [0, 0.1) is 0 Å². The summed E-state index contributed by atoms with van der Waals surface area (Å²) < 4.78 is 40.9. The standard InChI is InChI=1S/C22H18F3N5O2/c23-22(24,25)32-19-9-7-18(8-10-19)29-21(28-13-16-2-1-11-27-12-16)30-20(26)17-5-3-15(14-31)4-6-17/h1-12,14H,13H2,(H3,26,28,29,30). The van der Waals surface area contributed by atoms with Gasteiger partial charge in [-0.05, 0) is 35.9 Å². The van der Waals surface area contributed by atoms with E-state index in [0.29, 0.717) is 23.1 Å². The Hall–Kier alpha value is -4.21. The molecule has 0 saturated heterocycles. The van der Waals surface area contributed by atoms with E-state index in [-0.39, 0.29) is 24.1 Å². The van der Waals surface area contributed by atoms with Crippen molar-refractivity contribution in [3.8, 4) is 5.75 Å². The van der Waals surface area contributed by atoms with Gasteiger partial charge in [0.15, 0.2) is 0 Å². The third-order valence-electron chi connectivity index (χ3n) is 4.05. The molecule has 3 N–H and O–H groups in total. The first kappa shape index (κ1) is 22.5. The third-order valence-corrected chi connectivity index (χ3v) is 4.05. The van der Waals surface area contributed by atoms with Crippen molar-refractivity contribution < 1.29 is 22.7 Å². The smallest absolute Gasteiger partial charge is 0.406 e. The molecule has 1 heterocycles. The fourth-order valence-corrected chi connectivity index (χ4v) is 2.54. The molecule has 0 atom stereocenters. The molecule has 0 unspecified atom stereocenters. The summed E-state index contributed by atoms with van der Waals surface area (Å²) in [6.45, 7) is 0.242. The molecule has 0 aliphatic carbocycles. The van der Waals surface area contributed by atoms with Crippen LogP contribution in [0.25, 0.3) is 0 Å². The summed E-state index contributed by atoms with van der Waals surface area (Å²) in [4.78, 5) is 23.6. The molecule has 7 nitrogen and oxygen atoms in total. The number of alkyl halides is 3. The molecule has 0 radical (unpaired) electrons. The van der Waals surface area contributed by atoms with Crippen LogP contribution in [0.5, 0.6) is 5.75 Å². The first-order valence-corrected chi connectivity index (χ1v) is 9.28. The van der Waals surface area contributed by atoms with Gasteiger partial charge in [0.05, 0.1) is 6.54 Å². The van der Waals surface area contributed by atoms with E-state index in [1.165, 1.54) is 24.3 Å². The number of nitrogens with two attached hydrogens (primary N) is 1. The van der Waals surface area contributed by atoms with Gasteiger partial charge >= 0.3 is 6.36 Å². The molecule has 3 rings (SSSR count). The van der Waals surface area contributed by atoms with E-state index in [0.717, 1.165) is 5.56 Å². The molecule has 1 aromatic heterocycles. The molecule has 0 bridgehead atoms. The minimum atomic E-state index is -4.77. The van der Waals surface area contributed by atoms with Gasteiger partial charge < -0.3 is 15.8 Å². The summed E-state index contributed by atoms with van der Waals surface area (Å²) in [7, 11) is 0. The van der Waals surface area contributed by atoms with Crippen molar-refractivity contribution in [3.05, 3.63) is 89.7 Å². The van der Waals surface area contributed by atoms with Crippen molar-refractivity contribution in [2.24, 2.45) is 15.7 Å². The van der Waals surface area contributed by atoms with Gasteiger partial charge in [-0.3, -0.25) is 9.78 Å². The maximum absolute atomic E-state index is 12.4. The van der Waals surface area contributed by atoms with Crippen LogP contribution in [0.2, 0.25) is 0 Å². The Labute approximate surface area is 181 Å². The zero-order valence-electron chi connectivity index (χ0n) is 16.6. The fraction of sp³-hybridized carbons (Fsp3) is 0.0909. The van der Waals surface area contributed by atoms with Gasteiger partial charge in [0.25, 0.3) is 0 Å². The number of aldehydes is 1. The summed E-state index contributed by atoms with van der Waals surface area (Å²) in [6, 6.07) is 15.2. The second kappa shape index (κ2) is 10.2. The Balaban J connectivity index is 1.83. The lowest BCUT2D eigenvalue weighted by atomic mass is 10.1. The number of aromatic nitrogens is 1. The SMILES string of the molecule is NC(=NC(=NCc1cccnc1)Nc1ccc(OC(F)(F)F)cc1)c1ccc(C=O)cc1. The number of ether oxygens (including phenoxy) is 1. The van der Waals surface area contributed by atoms with Crippen molar-refractivity contribution >= 4 is 23.8 Å². The van der Waals surface area contributed by atoms with E-state index in [1.54, 1.807) is 42.7 Å². The lowest BCUT2D eigenvalue weighted by molar-refractivity contribution is -0.274. The van der Waals surface area contributed by atoms with Crippen molar-refractivity contribution in [2.45, 2.75) is 12.9 Å². The zero-order chi connectivity index (χ0) is 23.0. The Morgan fingerprint density at radius 2 is 1.81 bits per heavy atom. The first-order chi connectivity index (χ1) is 15.3. The minimum Gasteiger partial charge on any atom is -0.406 e. The molecule has 0 amide bonds. The maximum atomic E-state index is 12.4. The van der Waals surface area contributed by atoms with Crippen LogP contribution >= 0.6 is 0 Å². The number of nitrogens with zero attached hydrogens (tertiary/aromatic N) is 3. The zero-order valence-corrected chi connectivity index (χ0v) is 16.6. The van der Waals surface area contributed by atoms with E-state index < -0.39 is 6.36 Å². The van der Waals surface area contributed by atoms with Crippen molar-refractivity contribution in [1.29, 1.82) is 0 Å². The monoisotopic (exact) mass is 441 g/mol. The van der Waals surface area contributed by atoms with Gasteiger partial charge in [-0.25, -0.2) is 4.99 Å². The highest BCUT2D eigenvalue weighted by molar-refractivity contribution is 6.08. The lowest BCUT2D eigenvalue weighted by Crippen LogP contribution is -2.20. The summed E-state index contributed by atoms with van der Waals surface area (Å²) in [5, 5.41) is 2.93. The molecule has 10 heteroatoms. The van der Waals surface area contributed by atoms with Crippen LogP contribution in [0.3, 0.4) is 0 Å².